The third kappa shape index (κ3) is 5.58. The summed E-state index contributed by atoms with van der Waals surface area (Å²) in [5.74, 6) is -1.13. The molecule has 0 radical (unpaired) electrons. The molecule has 0 unspecified atom stereocenters. The van der Waals surface area contributed by atoms with E-state index in [1.807, 2.05) is 0 Å². The molecule has 0 saturated heterocycles. The van der Waals surface area contributed by atoms with Gasteiger partial charge in [-0.05, 0) is 54.2 Å². The van der Waals surface area contributed by atoms with Gasteiger partial charge in [0.15, 0.2) is 5.11 Å². The Bertz CT molecular complexity index is 866. The predicted octanol–water partition coefficient (Wildman–Crippen LogP) is 3.57. The summed E-state index contributed by atoms with van der Waals surface area (Å²) in [6, 6.07) is 11.2. The second-order valence-electron chi connectivity index (χ2n) is 5.05. The van der Waals surface area contributed by atoms with E-state index in [1.54, 1.807) is 30.3 Å². The number of halogens is 1. The van der Waals surface area contributed by atoms with E-state index in [2.05, 4.69) is 10.6 Å². The summed E-state index contributed by atoms with van der Waals surface area (Å²) in [4.78, 5) is 23.0. The van der Waals surface area contributed by atoms with Crippen LogP contribution in [-0.4, -0.2) is 29.2 Å². The molecule has 8 heteroatoms. The fourth-order valence-electron chi connectivity index (χ4n) is 1.99. The van der Waals surface area contributed by atoms with Crippen LogP contribution in [0.2, 0.25) is 5.02 Å². The van der Waals surface area contributed by atoms with Crippen LogP contribution in [0.4, 0.5) is 5.69 Å². The number of carboxylic acid groups (broad SMARTS) is 1. The lowest BCUT2D eigenvalue weighted by Gasteiger charge is -2.12. The van der Waals surface area contributed by atoms with Crippen LogP contribution in [0.15, 0.2) is 48.5 Å². The third-order valence-electron chi connectivity index (χ3n) is 3.23. The van der Waals surface area contributed by atoms with Crippen LogP contribution < -0.4 is 15.4 Å². The molecule has 2 aromatic rings. The summed E-state index contributed by atoms with van der Waals surface area (Å²) < 4.78 is 5.15. The Labute approximate surface area is 160 Å². The minimum absolute atomic E-state index is 0.0107. The Morgan fingerprint density at radius 3 is 2.50 bits per heavy atom. The molecule has 134 valence electrons. The van der Waals surface area contributed by atoms with Crippen molar-refractivity contribution >= 4 is 52.6 Å². The molecule has 0 aromatic heterocycles. The van der Waals surface area contributed by atoms with Crippen molar-refractivity contribution < 1.29 is 19.4 Å². The molecule has 3 N–H and O–H groups in total. The normalized spacial score (nSPS) is 10.4. The fourth-order valence-corrected chi connectivity index (χ4v) is 2.33. The van der Waals surface area contributed by atoms with Gasteiger partial charge in [-0.2, -0.15) is 0 Å². The van der Waals surface area contributed by atoms with Gasteiger partial charge in [0.25, 0.3) is 0 Å². The zero-order valence-corrected chi connectivity index (χ0v) is 15.2. The highest BCUT2D eigenvalue weighted by Crippen LogP contribution is 2.25. The van der Waals surface area contributed by atoms with Crippen molar-refractivity contribution in [3.63, 3.8) is 0 Å². The first kappa shape index (κ1) is 19.4. The van der Waals surface area contributed by atoms with Crippen LogP contribution in [-0.2, 0) is 4.79 Å². The maximum Gasteiger partial charge on any atom is 0.335 e. The molecule has 0 saturated carbocycles. The van der Waals surface area contributed by atoms with E-state index >= 15 is 0 Å². The van der Waals surface area contributed by atoms with Gasteiger partial charge in [-0.15, -0.1) is 0 Å². The molecule has 0 aliphatic rings. The molecule has 26 heavy (non-hydrogen) atoms. The van der Waals surface area contributed by atoms with Gasteiger partial charge in [-0.25, -0.2) is 4.79 Å². The van der Waals surface area contributed by atoms with Crippen LogP contribution >= 0.6 is 23.8 Å². The van der Waals surface area contributed by atoms with E-state index in [1.165, 1.54) is 31.4 Å². The average Bonchev–Trinajstić information content (AvgIpc) is 2.61. The van der Waals surface area contributed by atoms with E-state index in [-0.39, 0.29) is 10.7 Å². The standard InChI is InChI=1S/C18H15ClN2O4S/c1-25-15-8-5-12(17(23)24)10-14(15)20-18(26)21-16(22)9-4-11-2-6-13(19)7-3-11/h2-10H,1H3,(H,23,24)(H2,20,21,22,26)/b9-4+. The fraction of sp³-hybridized carbons (Fsp3) is 0.0556. The molecule has 2 rings (SSSR count). The second kappa shape index (κ2) is 8.98. The number of carbonyl (C=O) groups is 2. The van der Waals surface area contributed by atoms with Crippen molar-refractivity contribution in [3.05, 3.63) is 64.7 Å². The van der Waals surface area contributed by atoms with Crippen molar-refractivity contribution in [2.45, 2.75) is 0 Å². The molecule has 1 amide bonds. The number of rotatable bonds is 5. The van der Waals surface area contributed by atoms with Crippen molar-refractivity contribution in [3.8, 4) is 5.75 Å². The lowest BCUT2D eigenvalue weighted by molar-refractivity contribution is -0.115. The lowest BCUT2D eigenvalue weighted by atomic mass is 10.2. The van der Waals surface area contributed by atoms with Crippen molar-refractivity contribution in [1.29, 1.82) is 0 Å². The number of benzene rings is 2. The number of hydrogen-bond donors (Lipinski definition) is 3. The maximum atomic E-state index is 11.9. The van der Waals surface area contributed by atoms with E-state index in [0.717, 1.165) is 5.56 Å². The lowest BCUT2D eigenvalue weighted by Crippen LogP contribution is -2.33. The van der Waals surface area contributed by atoms with E-state index in [9.17, 15) is 9.59 Å². The number of thiocarbonyl (C=S) groups is 1. The number of methoxy groups -OCH3 is 1. The van der Waals surface area contributed by atoms with Crippen LogP contribution in [0, 0.1) is 0 Å². The first-order chi connectivity index (χ1) is 12.4. The van der Waals surface area contributed by atoms with Crippen LogP contribution in [0.1, 0.15) is 15.9 Å². The molecule has 6 nitrogen and oxygen atoms in total. The number of nitrogens with one attached hydrogen (secondary N) is 2. The minimum atomic E-state index is -1.09. The molecular weight excluding hydrogens is 376 g/mol. The second-order valence-corrected chi connectivity index (χ2v) is 5.89. The first-order valence-corrected chi connectivity index (χ1v) is 8.14. The van der Waals surface area contributed by atoms with Gasteiger partial charge in [0.1, 0.15) is 5.75 Å². The van der Waals surface area contributed by atoms with Crippen molar-refractivity contribution in [2.24, 2.45) is 0 Å². The van der Waals surface area contributed by atoms with Crippen molar-refractivity contribution in [1.82, 2.24) is 5.32 Å². The molecule has 2 aromatic carbocycles. The number of aromatic carboxylic acids is 1. The van der Waals surface area contributed by atoms with E-state index in [4.69, 9.17) is 33.7 Å². The number of amides is 1. The number of anilines is 1. The highest BCUT2D eigenvalue weighted by molar-refractivity contribution is 7.80. The molecule has 0 bridgehead atoms. The molecule has 0 atom stereocenters. The summed E-state index contributed by atoms with van der Waals surface area (Å²) in [6.45, 7) is 0. The molecule has 0 aliphatic heterocycles. The summed E-state index contributed by atoms with van der Waals surface area (Å²) >= 11 is 10.9. The van der Waals surface area contributed by atoms with E-state index in [0.29, 0.717) is 16.5 Å². The molecule has 0 spiro atoms. The minimum Gasteiger partial charge on any atom is -0.495 e. The molecule has 0 fully saturated rings. The zero-order valence-electron chi connectivity index (χ0n) is 13.7. The smallest absolute Gasteiger partial charge is 0.335 e. The topological polar surface area (TPSA) is 87.7 Å². The van der Waals surface area contributed by atoms with Crippen LogP contribution in [0.3, 0.4) is 0 Å². The predicted molar refractivity (Wildman–Crippen MR) is 105 cm³/mol. The summed E-state index contributed by atoms with van der Waals surface area (Å²) in [6.07, 6.45) is 2.93. The number of carbonyl (C=O) groups excluding carboxylic acids is 1. The van der Waals surface area contributed by atoms with Crippen molar-refractivity contribution in [2.75, 3.05) is 12.4 Å². The Morgan fingerprint density at radius 2 is 1.88 bits per heavy atom. The maximum absolute atomic E-state index is 11.9. The Balaban J connectivity index is 2.01. The highest BCUT2D eigenvalue weighted by Gasteiger charge is 2.11. The molecule has 0 aliphatic carbocycles. The highest BCUT2D eigenvalue weighted by atomic mass is 35.5. The van der Waals surface area contributed by atoms with Crippen LogP contribution in [0.25, 0.3) is 6.08 Å². The third-order valence-corrected chi connectivity index (χ3v) is 3.68. The van der Waals surface area contributed by atoms with Crippen LogP contribution in [0.5, 0.6) is 5.75 Å². The Kier molecular flexibility index (Phi) is 6.71. The van der Waals surface area contributed by atoms with Gasteiger partial charge in [-0.1, -0.05) is 23.7 Å². The average molecular weight is 391 g/mol. The number of ether oxygens (including phenoxy) is 1. The Morgan fingerprint density at radius 1 is 1.19 bits per heavy atom. The SMILES string of the molecule is COc1ccc(C(=O)O)cc1NC(=S)NC(=O)/C=C/c1ccc(Cl)cc1. The largest absolute Gasteiger partial charge is 0.495 e. The zero-order chi connectivity index (χ0) is 19.1. The van der Waals surface area contributed by atoms with Gasteiger partial charge >= 0.3 is 5.97 Å². The van der Waals surface area contributed by atoms with E-state index < -0.39 is 11.9 Å². The summed E-state index contributed by atoms with van der Waals surface area (Å²) in [7, 11) is 1.44. The van der Waals surface area contributed by atoms with Gasteiger partial charge in [-0.3, -0.25) is 10.1 Å². The summed E-state index contributed by atoms with van der Waals surface area (Å²) in [5.41, 5.74) is 1.20. The quantitative estimate of drug-likeness (QED) is 0.534. The van der Waals surface area contributed by atoms with Gasteiger partial charge < -0.3 is 15.2 Å². The Hall–Kier alpha value is -2.90. The summed E-state index contributed by atoms with van der Waals surface area (Å²) in [5, 5.41) is 14.9. The van der Waals surface area contributed by atoms with Gasteiger partial charge in [0, 0.05) is 11.1 Å². The van der Waals surface area contributed by atoms with Gasteiger partial charge in [0.2, 0.25) is 5.91 Å². The number of hydrogen-bond acceptors (Lipinski definition) is 4. The van der Waals surface area contributed by atoms with Gasteiger partial charge in [0.05, 0.1) is 18.4 Å². The monoisotopic (exact) mass is 390 g/mol. The number of carboxylic acids is 1. The molecule has 0 heterocycles. The first-order valence-electron chi connectivity index (χ1n) is 7.36. The molecular formula is C18H15ClN2O4S.